The number of nitrogens with zero attached hydrogens (tertiary/aromatic N) is 4. The molecule has 130 valence electrons. The summed E-state index contributed by atoms with van der Waals surface area (Å²) in [4.78, 5) is 8.08. The first kappa shape index (κ1) is 16.9. The SMILES string of the molecule is CC(C)Cn1cnc(S(=O)(=O)N2CCC(Oc3cccnc3)C2)c1. The molecule has 0 saturated carbocycles. The van der Waals surface area contributed by atoms with Gasteiger partial charge in [-0.1, -0.05) is 13.8 Å². The van der Waals surface area contributed by atoms with Crippen molar-refractivity contribution in [3.05, 3.63) is 37.1 Å². The van der Waals surface area contributed by atoms with E-state index in [0.717, 1.165) is 6.54 Å². The molecule has 24 heavy (non-hydrogen) atoms. The molecule has 0 aromatic carbocycles. The molecule has 2 aromatic rings. The molecule has 0 amide bonds. The molecule has 0 bridgehead atoms. The van der Waals surface area contributed by atoms with E-state index in [0.29, 0.717) is 31.2 Å². The largest absolute Gasteiger partial charge is 0.487 e. The van der Waals surface area contributed by atoms with Crippen molar-refractivity contribution in [1.82, 2.24) is 18.8 Å². The lowest BCUT2D eigenvalue weighted by Crippen LogP contribution is -2.31. The van der Waals surface area contributed by atoms with Crippen molar-refractivity contribution >= 4 is 10.0 Å². The van der Waals surface area contributed by atoms with Crippen molar-refractivity contribution in [3.8, 4) is 5.75 Å². The zero-order chi connectivity index (χ0) is 17.2. The summed E-state index contributed by atoms with van der Waals surface area (Å²) >= 11 is 0. The molecular formula is C16H22N4O3S. The number of imidazole rings is 1. The number of pyridine rings is 1. The lowest BCUT2D eigenvalue weighted by atomic mass is 10.2. The predicted molar refractivity (Wildman–Crippen MR) is 89.1 cm³/mol. The van der Waals surface area contributed by atoms with Crippen LogP contribution in [-0.4, -0.2) is 46.5 Å². The Balaban J connectivity index is 1.66. The number of rotatable bonds is 6. The van der Waals surface area contributed by atoms with E-state index in [1.54, 1.807) is 31.0 Å². The van der Waals surface area contributed by atoms with Gasteiger partial charge in [-0.3, -0.25) is 4.98 Å². The van der Waals surface area contributed by atoms with Crippen LogP contribution in [0.1, 0.15) is 20.3 Å². The molecule has 1 atom stereocenters. The normalized spacial score (nSPS) is 19.0. The van der Waals surface area contributed by atoms with Crippen molar-refractivity contribution in [2.75, 3.05) is 13.1 Å². The van der Waals surface area contributed by atoms with Crippen molar-refractivity contribution in [2.24, 2.45) is 5.92 Å². The first-order chi connectivity index (χ1) is 11.4. The minimum atomic E-state index is -3.57. The van der Waals surface area contributed by atoms with Crippen LogP contribution in [0.25, 0.3) is 0 Å². The molecule has 8 heteroatoms. The zero-order valence-corrected chi connectivity index (χ0v) is 14.7. The monoisotopic (exact) mass is 350 g/mol. The van der Waals surface area contributed by atoms with Gasteiger partial charge in [0.2, 0.25) is 0 Å². The van der Waals surface area contributed by atoms with Crippen LogP contribution in [0.2, 0.25) is 0 Å². The van der Waals surface area contributed by atoms with Crippen molar-refractivity contribution in [2.45, 2.75) is 37.9 Å². The molecule has 7 nitrogen and oxygen atoms in total. The van der Waals surface area contributed by atoms with Gasteiger partial charge in [-0.25, -0.2) is 13.4 Å². The molecule has 2 aromatic heterocycles. The second-order valence-corrected chi connectivity index (χ2v) is 8.27. The number of hydrogen-bond acceptors (Lipinski definition) is 5. The zero-order valence-electron chi connectivity index (χ0n) is 13.9. The third-order valence-corrected chi connectivity index (χ3v) is 5.59. The quantitative estimate of drug-likeness (QED) is 0.793. The molecular weight excluding hydrogens is 328 g/mol. The van der Waals surface area contributed by atoms with E-state index >= 15 is 0 Å². The van der Waals surface area contributed by atoms with Crippen molar-refractivity contribution in [3.63, 3.8) is 0 Å². The van der Waals surface area contributed by atoms with Crippen molar-refractivity contribution < 1.29 is 13.2 Å². The second kappa shape index (κ2) is 6.90. The summed E-state index contributed by atoms with van der Waals surface area (Å²) in [6.07, 6.45) is 6.97. The highest BCUT2D eigenvalue weighted by molar-refractivity contribution is 7.89. The van der Waals surface area contributed by atoms with Crippen LogP contribution in [0.15, 0.2) is 42.1 Å². The first-order valence-electron chi connectivity index (χ1n) is 8.04. The van der Waals surface area contributed by atoms with Gasteiger partial charge in [-0.2, -0.15) is 4.31 Å². The molecule has 0 spiro atoms. The third kappa shape index (κ3) is 3.76. The predicted octanol–water partition coefficient (Wildman–Crippen LogP) is 1.78. The molecule has 0 N–H and O–H groups in total. The van der Waals surface area contributed by atoms with Gasteiger partial charge in [0.05, 0.1) is 19.1 Å². The minimum Gasteiger partial charge on any atom is -0.487 e. The Morgan fingerprint density at radius 2 is 2.25 bits per heavy atom. The van der Waals surface area contributed by atoms with Gasteiger partial charge in [-0.05, 0) is 24.5 Å². The Hall–Kier alpha value is -1.93. The lowest BCUT2D eigenvalue weighted by molar-refractivity contribution is 0.214. The fourth-order valence-electron chi connectivity index (χ4n) is 2.75. The lowest BCUT2D eigenvalue weighted by Gasteiger charge is -2.16. The number of hydrogen-bond donors (Lipinski definition) is 0. The third-order valence-electron chi connectivity index (χ3n) is 3.83. The van der Waals surface area contributed by atoms with Crippen LogP contribution in [0.3, 0.4) is 0 Å². The molecule has 1 unspecified atom stereocenters. The maximum Gasteiger partial charge on any atom is 0.262 e. The van der Waals surface area contributed by atoms with E-state index in [1.807, 2.05) is 10.6 Å². The van der Waals surface area contributed by atoms with E-state index in [9.17, 15) is 8.42 Å². The molecule has 3 heterocycles. The smallest absolute Gasteiger partial charge is 0.262 e. The fourth-order valence-corrected chi connectivity index (χ4v) is 4.17. The highest BCUT2D eigenvalue weighted by Crippen LogP contribution is 2.23. The maximum absolute atomic E-state index is 12.7. The Morgan fingerprint density at radius 3 is 2.96 bits per heavy atom. The number of aromatic nitrogens is 3. The molecule has 1 aliphatic heterocycles. The Kier molecular flexibility index (Phi) is 4.86. The molecule has 1 saturated heterocycles. The molecule has 3 rings (SSSR count). The standard InChI is InChI=1S/C16H22N4O3S/c1-13(2)9-19-11-16(18-12-19)24(21,22)20-7-5-15(10-20)23-14-4-3-6-17-8-14/h3-4,6,8,11-13,15H,5,7,9-10H2,1-2H3. The van der Waals surface area contributed by atoms with E-state index < -0.39 is 10.0 Å². The summed E-state index contributed by atoms with van der Waals surface area (Å²) < 4.78 is 34.5. The van der Waals surface area contributed by atoms with Gasteiger partial charge < -0.3 is 9.30 Å². The van der Waals surface area contributed by atoms with E-state index in [2.05, 4.69) is 23.8 Å². The van der Waals surface area contributed by atoms with E-state index in [-0.39, 0.29) is 11.1 Å². The van der Waals surface area contributed by atoms with Crippen LogP contribution in [-0.2, 0) is 16.6 Å². The molecule has 1 aliphatic rings. The molecule has 0 aliphatic carbocycles. The van der Waals surface area contributed by atoms with Crippen molar-refractivity contribution in [1.29, 1.82) is 0 Å². The molecule has 1 fully saturated rings. The fraction of sp³-hybridized carbons (Fsp3) is 0.500. The van der Waals surface area contributed by atoms with E-state index in [4.69, 9.17) is 4.74 Å². The van der Waals surface area contributed by atoms with Crippen LogP contribution in [0, 0.1) is 5.92 Å². The highest BCUT2D eigenvalue weighted by atomic mass is 32.2. The average Bonchev–Trinajstić information content (AvgIpc) is 3.18. The Morgan fingerprint density at radius 1 is 1.42 bits per heavy atom. The second-order valence-electron chi connectivity index (χ2n) is 6.38. The Labute approximate surface area is 142 Å². The average molecular weight is 350 g/mol. The van der Waals surface area contributed by atoms with Gasteiger partial charge >= 0.3 is 0 Å². The first-order valence-corrected chi connectivity index (χ1v) is 9.48. The van der Waals surface area contributed by atoms with Gasteiger partial charge in [0.25, 0.3) is 10.0 Å². The van der Waals surface area contributed by atoms with Gasteiger partial charge in [0.1, 0.15) is 11.9 Å². The van der Waals surface area contributed by atoms with Crippen LogP contribution in [0.5, 0.6) is 5.75 Å². The van der Waals surface area contributed by atoms with E-state index in [1.165, 1.54) is 4.31 Å². The van der Waals surface area contributed by atoms with Crippen LogP contribution in [0.4, 0.5) is 0 Å². The highest BCUT2D eigenvalue weighted by Gasteiger charge is 2.35. The van der Waals surface area contributed by atoms with Gasteiger partial charge in [0.15, 0.2) is 5.03 Å². The summed E-state index contributed by atoms with van der Waals surface area (Å²) in [6, 6.07) is 3.61. The summed E-state index contributed by atoms with van der Waals surface area (Å²) in [6.45, 7) is 5.66. The summed E-state index contributed by atoms with van der Waals surface area (Å²) in [7, 11) is -3.57. The number of sulfonamides is 1. The summed E-state index contributed by atoms with van der Waals surface area (Å²) in [5, 5.41) is 0.102. The maximum atomic E-state index is 12.7. The Bertz CT molecular complexity index is 774. The van der Waals surface area contributed by atoms with Crippen LogP contribution >= 0.6 is 0 Å². The topological polar surface area (TPSA) is 77.3 Å². The summed E-state index contributed by atoms with van der Waals surface area (Å²) in [5.74, 6) is 1.08. The number of ether oxygens (including phenoxy) is 1. The summed E-state index contributed by atoms with van der Waals surface area (Å²) in [5.41, 5.74) is 0. The molecule has 0 radical (unpaired) electrons. The van der Waals surface area contributed by atoms with Gasteiger partial charge in [0, 0.05) is 25.5 Å². The minimum absolute atomic E-state index is 0.102. The van der Waals surface area contributed by atoms with Gasteiger partial charge in [-0.15, -0.1) is 0 Å². The van der Waals surface area contributed by atoms with Crippen LogP contribution < -0.4 is 4.74 Å².